The number of hydrogen-bond acceptors (Lipinski definition) is 4. The molecular formula is C61H43N3O. The SMILES string of the molecule is c1ccc(-c2ccc(N(c3ccc(-c4ccccc4)cc3)c3ccc(-c4nc5c(N(c6ccc(-c7ccccc7)cc6)c6ccc(-c7ccccc7)cc6)cccc5o4)cc3)cc2)cc1. The molecule has 0 N–H and O–H groups in total. The van der Waals surface area contributed by atoms with Gasteiger partial charge in [0.25, 0.3) is 0 Å². The van der Waals surface area contributed by atoms with Crippen LogP contribution in [0, 0.1) is 0 Å². The number of anilines is 6. The standard InChI is InChI=1S/C61H43N3O/c1-5-14-44(15-6-1)48-24-34-53(35-25-48)63(54-36-26-49(27-37-54)45-16-7-2-8-17-45)55-42-32-52(33-43-55)61-62-60-58(22-13-23-59(60)65-61)64(56-38-28-50(29-39-56)46-18-9-3-10-19-46)57-40-30-51(31-41-57)47-20-11-4-12-21-47/h1-43H. The Labute approximate surface area is 379 Å². The van der Waals surface area contributed by atoms with Crippen molar-refractivity contribution in [1.29, 1.82) is 0 Å². The summed E-state index contributed by atoms with van der Waals surface area (Å²) < 4.78 is 6.60. The van der Waals surface area contributed by atoms with E-state index in [1.807, 2.05) is 24.3 Å². The average Bonchev–Trinajstić information content (AvgIpc) is 3.84. The third kappa shape index (κ3) is 8.09. The second-order valence-electron chi connectivity index (χ2n) is 16.0. The van der Waals surface area contributed by atoms with Crippen LogP contribution in [0.5, 0.6) is 0 Å². The van der Waals surface area contributed by atoms with Crippen molar-refractivity contribution in [2.24, 2.45) is 0 Å². The van der Waals surface area contributed by atoms with Crippen molar-refractivity contribution in [3.63, 3.8) is 0 Å². The predicted octanol–water partition coefficient (Wildman–Crippen LogP) is 17.1. The second kappa shape index (κ2) is 17.6. The Hall–Kier alpha value is -8.73. The van der Waals surface area contributed by atoms with E-state index in [4.69, 9.17) is 9.40 Å². The maximum atomic E-state index is 6.60. The average molecular weight is 834 g/mol. The molecular weight excluding hydrogens is 791 g/mol. The van der Waals surface area contributed by atoms with Crippen LogP contribution in [-0.4, -0.2) is 4.98 Å². The van der Waals surface area contributed by atoms with Crippen LogP contribution in [0.15, 0.2) is 265 Å². The molecule has 0 bridgehead atoms. The molecule has 11 aromatic rings. The molecule has 0 fully saturated rings. The van der Waals surface area contributed by atoms with Crippen molar-refractivity contribution >= 4 is 45.2 Å². The number of oxazole rings is 1. The van der Waals surface area contributed by atoms with Gasteiger partial charge in [0.15, 0.2) is 5.58 Å². The first-order valence-electron chi connectivity index (χ1n) is 21.9. The Morgan fingerprint density at radius 3 is 0.877 bits per heavy atom. The zero-order chi connectivity index (χ0) is 43.4. The number of fused-ring (bicyclic) bond motifs is 1. The molecule has 4 heteroatoms. The summed E-state index contributed by atoms with van der Waals surface area (Å²) in [7, 11) is 0. The lowest BCUT2D eigenvalue weighted by atomic mass is 10.0. The number of aromatic nitrogens is 1. The van der Waals surface area contributed by atoms with Crippen molar-refractivity contribution in [3.8, 4) is 56.0 Å². The molecule has 0 aliphatic heterocycles. The lowest BCUT2D eigenvalue weighted by Crippen LogP contribution is -2.10. The molecule has 0 saturated heterocycles. The summed E-state index contributed by atoms with van der Waals surface area (Å²) in [6.07, 6.45) is 0. The summed E-state index contributed by atoms with van der Waals surface area (Å²) in [5.41, 5.74) is 17.9. The first-order chi connectivity index (χ1) is 32.2. The van der Waals surface area contributed by atoms with Gasteiger partial charge in [-0.2, -0.15) is 0 Å². The lowest BCUT2D eigenvalue weighted by Gasteiger charge is -2.26. The summed E-state index contributed by atoms with van der Waals surface area (Å²) in [4.78, 5) is 9.79. The van der Waals surface area contributed by atoms with Gasteiger partial charge >= 0.3 is 0 Å². The highest BCUT2D eigenvalue weighted by molar-refractivity contribution is 5.95. The molecule has 0 unspecified atom stereocenters. The normalized spacial score (nSPS) is 11.1. The highest BCUT2D eigenvalue weighted by atomic mass is 16.3. The van der Waals surface area contributed by atoms with E-state index in [1.165, 1.54) is 33.4 Å². The topological polar surface area (TPSA) is 32.5 Å². The molecule has 0 aliphatic carbocycles. The smallest absolute Gasteiger partial charge is 0.227 e. The Bertz CT molecular complexity index is 3130. The summed E-state index contributed by atoms with van der Waals surface area (Å²) >= 11 is 0. The van der Waals surface area contributed by atoms with Crippen LogP contribution in [0.4, 0.5) is 34.1 Å². The second-order valence-corrected chi connectivity index (χ2v) is 16.0. The van der Waals surface area contributed by atoms with Gasteiger partial charge in [-0.05, 0) is 129 Å². The first-order valence-corrected chi connectivity index (χ1v) is 21.9. The Kier molecular flexibility index (Phi) is 10.6. The van der Waals surface area contributed by atoms with E-state index in [1.54, 1.807) is 0 Å². The fourth-order valence-electron chi connectivity index (χ4n) is 8.60. The molecule has 0 saturated carbocycles. The van der Waals surface area contributed by atoms with Gasteiger partial charge in [-0.3, -0.25) is 0 Å². The molecule has 0 amide bonds. The predicted molar refractivity (Wildman–Crippen MR) is 271 cm³/mol. The maximum Gasteiger partial charge on any atom is 0.227 e. The number of rotatable bonds is 11. The summed E-state index contributed by atoms with van der Waals surface area (Å²) in [5, 5.41) is 0. The molecule has 308 valence electrons. The third-order valence-corrected chi connectivity index (χ3v) is 11.9. The summed E-state index contributed by atoms with van der Waals surface area (Å²) in [5.74, 6) is 0.559. The van der Waals surface area contributed by atoms with Gasteiger partial charge in [-0.15, -0.1) is 0 Å². The van der Waals surface area contributed by atoms with E-state index >= 15 is 0 Å². The number of nitrogens with zero attached hydrogens (tertiary/aromatic N) is 3. The molecule has 0 aliphatic rings. The molecule has 1 heterocycles. The van der Waals surface area contributed by atoms with Crippen LogP contribution >= 0.6 is 0 Å². The van der Waals surface area contributed by atoms with Crippen molar-refractivity contribution in [1.82, 2.24) is 4.98 Å². The molecule has 0 atom stereocenters. The number of hydrogen-bond donors (Lipinski definition) is 0. The Morgan fingerprint density at radius 1 is 0.246 bits per heavy atom. The number of para-hydroxylation sites is 1. The van der Waals surface area contributed by atoms with Crippen LogP contribution in [0.1, 0.15) is 0 Å². The van der Waals surface area contributed by atoms with Gasteiger partial charge in [0, 0.05) is 34.0 Å². The quantitative estimate of drug-likeness (QED) is 0.130. The van der Waals surface area contributed by atoms with Crippen molar-refractivity contribution in [2.75, 3.05) is 9.80 Å². The largest absolute Gasteiger partial charge is 0.436 e. The van der Waals surface area contributed by atoms with E-state index in [2.05, 4.69) is 246 Å². The highest BCUT2D eigenvalue weighted by Crippen LogP contribution is 2.42. The van der Waals surface area contributed by atoms with Crippen LogP contribution in [0.2, 0.25) is 0 Å². The third-order valence-electron chi connectivity index (χ3n) is 11.9. The highest BCUT2D eigenvalue weighted by Gasteiger charge is 2.21. The van der Waals surface area contributed by atoms with E-state index in [9.17, 15) is 0 Å². The van der Waals surface area contributed by atoms with Gasteiger partial charge in [-0.1, -0.05) is 176 Å². The van der Waals surface area contributed by atoms with Gasteiger partial charge in [-0.25, -0.2) is 4.98 Å². The van der Waals surface area contributed by atoms with Crippen molar-refractivity contribution in [2.45, 2.75) is 0 Å². The fourth-order valence-corrected chi connectivity index (χ4v) is 8.60. The minimum atomic E-state index is 0.559. The molecule has 0 radical (unpaired) electrons. The molecule has 0 spiro atoms. The summed E-state index contributed by atoms with van der Waals surface area (Å²) in [6.45, 7) is 0. The van der Waals surface area contributed by atoms with E-state index < -0.39 is 0 Å². The van der Waals surface area contributed by atoms with Gasteiger partial charge < -0.3 is 14.2 Å². The first kappa shape index (κ1) is 39.1. The Morgan fingerprint density at radius 2 is 0.538 bits per heavy atom. The molecule has 4 nitrogen and oxygen atoms in total. The van der Waals surface area contributed by atoms with Gasteiger partial charge in [0.2, 0.25) is 5.89 Å². The van der Waals surface area contributed by atoms with Gasteiger partial charge in [0.1, 0.15) is 5.52 Å². The van der Waals surface area contributed by atoms with Crippen LogP contribution in [-0.2, 0) is 0 Å². The maximum absolute atomic E-state index is 6.60. The summed E-state index contributed by atoms with van der Waals surface area (Å²) in [6, 6.07) is 91.7. The van der Waals surface area contributed by atoms with Crippen LogP contribution in [0.25, 0.3) is 67.1 Å². The van der Waals surface area contributed by atoms with Gasteiger partial charge in [0.05, 0.1) is 5.69 Å². The zero-order valence-electron chi connectivity index (χ0n) is 35.6. The minimum Gasteiger partial charge on any atom is -0.436 e. The fraction of sp³-hybridized carbons (Fsp3) is 0. The molecule has 65 heavy (non-hydrogen) atoms. The molecule has 1 aromatic heterocycles. The van der Waals surface area contributed by atoms with Crippen LogP contribution in [0.3, 0.4) is 0 Å². The number of benzene rings is 10. The van der Waals surface area contributed by atoms with Crippen LogP contribution < -0.4 is 9.80 Å². The molecule has 10 aromatic carbocycles. The Balaban J connectivity index is 0.954. The monoisotopic (exact) mass is 833 g/mol. The van der Waals surface area contributed by atoms with Crippen molar-refractivity contribution in [3.05, 3.63) is 261 Å². The van der Waals surface area contributed by atoms with E-state index in [-0.39, 0.29) is 0 Å². The van der Waals surface area contributed by atoms with Crippen molar-refractivity contribution < 1.29 is 4.42 Å². The van der Waals surface area contributed by atoms with E-state index in [0.717, 1.165) is 56.3 Å². The van der Waals surface area contributed by atoms with E-state index in [0.29, 0.717) is 11.5 Å². The minimum absolute atomic E-state index is 0.559. The molecule has 11 rings (SSSR count). The lowest BCUT2D eigenvalue weighted by molar-refractivity contribution is 0.620. The zero-order valence-corrected chi connectivity index (χ0v) is 35.6.